The average Bonchev–Trinajstić information content (AvgIpc) is 2.92. The SMILES string of the molecule is COc1cccc(-c2nc3ccc(Br)cn3c2CC(N)C(=O)O)c1. The molecule has 3 rings (SSSR count). The van der Waals surface area contributed by atoms with Gasteiger partial charge < -0.3 is 20.0 Å². The largest absolute Gasteiger partial charge is 0.497 e. The first-order valence-corrected chi connectivity index (χ1v) is 8.08. The van der Waals surface area contributed by atoms with Crippen molar-refractivity contribution in [2.24, 2.45) is 5.73 Å². The fourth-order valence-electron chi connectivity index (χ4n) is 2.56. The fourth-order valence-corrected chi connectivity index (χ4v) is 2.90. The maximum Gasteiger partial charge on any atom is 0.320 e. The van der Waals surface area contributed by atoms with Crippen molar-refractivity contribution in [1.82, 2.24) is 9.38 Å². The topological polar surface area (TPSA) is 89.9 Å². The van der Waals surface area contributed by atoms with Crippen molar-refractivity contribution >= 4 is 27.5 Å². The lowest BCUT2D eigenvalue weighted by Crippen LogP contribution is -2.32. The van der Waals surface area contributed by atoms with E-state index in [0.717, 1.165) is 21.4 Å². The van der Waals surface area contributed by atoms with Crippen LogP contribution in [-0.2, 0) is 11.2 Å². The number of ether oxygens (including phenoxy) is 1. The van der Waals surface area contributed by atoms with E-state index in [1.54, 1.807) is 7.11 Å². The number of hydrogen-bond acceptors (Lipinski definition) is 4. The molecule has 24 heavy (non-hydrogen) atoms. The Morgan fingerprint density at radius 1 is 1.42 bits per heavy atom. The smallest absolute Gasteiger partial charge is 0.320 e. The molecule has 0 fully saturated rings. The molecule has 0 saturated heterocycles. The maximum absolute atomic E-state index is 11.2. The second-order valence-corrected chi connectivity index (χ2v) is 6.28. The van der Waals surface area contributed by atoms with Crippen LogP contribution in [0.4, 0.5) is 0 Å². The lowest BCUT2D eigenvalue weighted by molar-refractivity contribution is -0.138. The Labute approximate surface area is 147 Å². The van der Waals surface area contributed by atoms with Gasteiger partial charge in [0.2, 0.25) is 0 Å². The highest BCUT2D eigenvalue weighted by Gasteiger charge is 2.20. The Balaban J connectivity index is 2.20. The van der Waals surface area contributed by atoms with Crippen LogP contribution in [0.5, 0.6) is 5.75 Å². The third-order valence-electron chi connectivity index (χ3n) is 3.76. The van der Waals surface area contributed by atoms with E-state index in [0.29, 0.717) is 11.4 Å². The van der Waals surface area contributed by atoms with Crippen LogP contribution in [0.25, 0.3) is 16.9 Å². The minimum Gasteiger partial charge on any atom is -0.497 e. The molecule has 0 spiro atoms. The van der Waals surface area contributed by atoms with E-state index in [1.165, 1.54) is 0 Å². The number of carboxylic acids is 1. The number of carbonyl (C=O) groups is 1. The number of carboxylic acid groups (broad SMARTS) is 1. The van der Waals surface area contributed by atoms with Gasteiger partial charge in [0.25, 0.3) is 0 Å². The van der Waals surface area contributed by atoms with Crippen LogP contribution < -0.4 is 10.5 Å². The van der Waals surface area contributed by atoms with Gasteiger partial charge in [-0.2, -0.15) is 0 Å². The lowest BCUT2D eigenvalue weighted by atomic mass is 10.1. The van der Waals surface area contributed by atoms with Crippen LogP contribution >= 0.6 is 15.9 Å². The fraction of sp³-hybridized carbons (Fsp3) is 0.176. The monoisotopic (exact) mass is 389 g/mol. The van der Waals surface area contributed by atoms with Gasteiger partial charge in [0.15, 0.2) is 0 Å². The molecule has 0 bridgehead atoms. The minimum absolute atomic E-state index is 0.166. The van der Waals surface area contributed by atoms with E-state index in [9.17, 15) is 4.79 Å². The van der Waals surface area contributed by atoms with Gasteiger partial charge in [-0.05, 0) is 40.2 Å². The number of fused-ring (bicyclic) bond motifs is 1. The Hall–Kier alpha value is -2.38. The molecule has 0 radical (unpaired) electrons. The van der Waals surface area contributed by atoms with Gasteiger partial charge >= 0.3 is 5.97 Å². The van der Waals surface area contributed by atoms with Crippen LogP contribution in [0.2, 0.25) is 0 Å². The highest BCUT2D eigenvalue weighted by Crippen LogP contribution is 2.29. The third-order valence-corrected chi connectivity index (χ3v) is 4.22. The molecule has 3 aromatic rings. The average molecular weight is 390 g/mol. The van der Waals surface area contributed by atoms with E-state index in [1.807, 2.05) is 47.0 Å². The second kappa shape index (κ2) is 6.62. The molecule has 3 N–H and O–H groups in total. The lowest BCUT2D eigenvalue weighted by Gasteiger charge is -2.10. The number of aliphatic carboxylic acids is 1. The molecule has 0 aliphatic heterocycles. The van der Waals surface area contributed by atoms with Crippen LogP contribution in [0.1, 0.15) is 5.69 Å². The van der Waals surface area contributed by atoms with Crippen molar-refractivity contribution < 1.29 is 14.6 Å². The van der Waals surface area contributed by atoms with Gasteiger partial charge in [-0.3, -0.25) is 4.79 Å². The molecule has 7 heteroatoms. The number of nitrogens with zero attached hydrogens (tertiary/aromatic N) is 2. The minimum atomic E-state index is -1.04. The molecule has 6 nitrogen and oxygen atoms in total. The highest BCUT2D eigenvalue weighted by atomic mass is 79.9. The van der Waals surface area contributed by atoms with Gasteiger partial charge in [0, 0.05) is 22.7 Å². The molecule has 1 aromatic carbocycles. The Kier molecular flexibility index (Phi) is 4.55. The van der Waals surface area contributed by atoms with Crippen molar-refractivity contribution in [3.05, 3.63) is 52.8 Å². The predicted molar refractivity (Wildman–Crippen MR) is 94.2 cm³/mol. The second-order valence-electron chi connectivity index (χ2n) is 5.36. The van der Waals surface area contributed by atoms with E-state index in [2.05, 4.69) is 20.9 Å². The van der Waals surface area contributed by atoms with Crippen molar-refractivity contribution in [1.29, 1.82) is 0 Å². The summed E-state index contributed by atoms with van der Waals surface area (Å²) >= 11 is 3.43. The maximum atomic E-state index is 11.2. The van der Waals surface area contributed by atoms with Crippen LogP contribution in [0, 0.1) is 0 Å². The van der Waals surface area contributed by atoms with Gasteiger partial charge in [0.05, 0.1) is 18.5 Å². The molecule has 2 heterocycles. The van der Waals surface area contributed by atoms with Crippen molar-refractivity contribution in [2.75, 3.05) is 7.11 Å². The van der Waals surface area contributed by atoms with Crippen LogP contribution in [-0.4, -0.2) is 33.6 Å². The first kappa shape index (κ1) is 16.5. The summed E-state index contributed by atoms with van der Waals surface area (Å²) < 4.78 is 8.00. The molecule has 0 amide bonds. The van der Waals surface area contributed by atoms with Crippen molar-refractivity contribution in [3.63, 3.8) is 0 Å². The predicted octanol–water partition coefficient (Wildman–Crippen LogP) is 2.73. The summed E-state index contributed by atoms with van der Waals surface area (Å²) in [6, 6.07) is 10.2. The first-order valence-electron chi connectivity index (χ1n) is 7.29. The molecule has 0 aliphatic rings. The zero-order valence-corrected chi connectivity index (χ0v) is 14.5. The van der Waals surface area contributed by atoms with E-state index >= 15 is 0 Å². The number of halogens is 1. The Bertz CT molecular complexity index is 907. The quantitative estimate of drug-likeness (QED) is 0.699. The number of aromatic nitrogens is 2. The number of rotatable bonds is 5. The summed E-state index contributed by atoms with van der Waals surface area (Å²) in [6.45, 7) is 0. The summed E-state index contributed by atoms with van der Waals surface area (Å²) in [4.78, 5) is 15.8. The highest BCUT2D eigenvalue weighted by molar-refractivity contribution is 9.10. The Morgan fingerprint density at radius 2 is 2.21 bits per heavy atom. The van der Waals surface area contributed by atoms with E-state index < -0.39 is 12.0 Å². The summed E-state index contributed by atoms with van der Waals surface area (Å²) in [5.74, 6) is -0.337. The molecular formula is C17H16BrN3O3. The van der Waals surface area contributed by atoms with Gasteiger partial charge in [-0.1, -0.05) is 12.1 Å². The zero-order valence-electron chi connectivity index (χ0n) is 12.9. The van der Waals surface area contributed by atoms with E-state index in [-0.39, 0.29) is 6.42 Å². The van der Waals surface area contributed by atoms with Gasteiger partial charge in [-0.15, -0.1) is 0 Å². The molecule has 1 atom stereocenters. The number of hydrogen-bond donors (Lipinski definition) is 2. The molecule has 0 saturated carbocycles. The Morgan fingerprint density at radius 3 is 2.92 bits per heavy atom. The number of nitrogens with two attached hydrogens (primary N) is 1. The van der Waals surface area contributed by atoms with E-state index in [4.69, 9.17) is 15.6 Å². The third kappa shape index (κ3) is 3.13. The van der Waals surface area contributed by atoms with Gasteiger partial charge in [0.1, 0.15) is 17.4 Å². The standard InChI is InChI=1S/C17H16BrN3O3/c1-24-12-4-2-3-10(7-12)16-14(8-13(19)17(22)23)21-9-11(18)5-6-15(21)20-16/h2-7,9,13H,8,19H2,1H3,(H,22,23). The molecular weight excluding hydrogens is 374 g/mol. The number of methoxy groups -OCH3 is 1. The molecule has 0 aliphatic carbocycles. The zero-order chi connectivity index (χ0) is 17.3. The van der Waals surface area contributed by atoms with Crippen molar-refractivity contribution in [2.45, 2.75) is 12.5 Å². The van der Waals surface area contributed by atoms with Crippen molar-refractivity contribution in [3.8, 4) is 17.0 Å². The summed E-state index contributed by atoms with van der Waals surface area (Å²) in [6.07, 6.45) is 2.02. The van der Waals surface area contributed by atoms with Crippen LogP contribution in [0.15, 0.2) is 47.1 Å². The molecule has 1 unspecified atom stereocenters. The molecule has 124 valence electrons. The number of pyridine rings is 1. The summed E-state index contributed by atoms with van der Waals surface area (Å²) in [7, 11) is 1.60. The first-order chi connectivity index (χ1) is 11.5. The molecule has 2 aromatic heterocycles. The number of benzene rings is 1. The van der Waals surface area contributed by atoms with Crippen LogP contribution in [0.3, 0.4) is 0 Å². The number of imidazole rings is 1. The summed E-state index contributed by atoms with van der Waals surface area (Å²) in [5.41, 5.74) is 8.78. The summed E-state index contributed by atoms with van der Waals surface area (Å²) in [5, 5.41) is 9.17. The van der Waals surface area contributed by atoms with Gasteiger partial charge in [-0.25, -0.2) is 4.98 Å². The normalized spacial score (nSPS) is 12.3.